The van der Waals surface area contributed by atoms with Crippen molar-refractivity contribution in [3.8, 4) is 44.5 Å². The fourth-order valence-electron chi connectivity index (χ4n) is 14.6. The maximum Gasteiger partial charge on any atom is 0.252 e. The van der Waals surface area contributed by atoms with E-state index in [1.54, 1.807) is 0 Å². The highest BCUT2D eigenvalue weighted by molar-refractivity contribution is 7.00. The van der Waals surface area contributed by atoms with Crippen molar-refractivity contribution in [2.24, 2.45) is 0 Å². The molecule has 0 aromatic heterocycles. The molecule has 0 fully saturated rings. The van der Waals surface area contributed by atoms with Crippen LogP contribution in [0.1, 0.15) is 103 Å². The lowest BCUT2D eigenvalue weighted by Gasteiger charge is -2.46. The first-order valence-electron chi connectivity index (χ1n) is 30.1. The number of hydrogen-bond donors (Lipinski definition) is 0. The predicted octanol–water partition coefficient (Wildman–Crippen LogP) is 19.8. The lowest BCUT2D eigenvalue weighted by Crippen LogP contribution is -2.61. The SMILES string of the molecule is CC(C)(C)c1ccc2c(c1)B1c3ccc(N(c4ccc(-c5ccccc5)cc4)c4ccc(-c5ccccc5)cc4)cc3N(c3ccc4c(c3)C(C)(C)c3ccccc3-4)c3cc(C(C)(C)C)cc(c31)N2c1ccc2c(c1)C(C)(C)c1ccccc1-2. The van der Waals surface area contributed by atoms with Crippen LogP contribution in [-0.4, -0.2) is 6.71 Å². The number of fused-ring (bicyclic) bond motifs is 10. The van der Waals surface area contributed by atoms with Gasteiger partial charge in [0.15, 0.2) is 0 Å². The fraction of sp³-hybridized carbons (Fsp3) is 0.175. The number of nitrogens with zero attached hydrogens (tertiary/aromatic N) is 3. The van der Waals surface area contributed by atoms with Gasteiger partial charge in [-0.15, -0.1) is 0 Å². The Hall–Kier alpha value is -9.12. The van der Waals surface area contributed by atoms with Crippen LogP contribution in [-0.2, 0) is 21.7 Å². The molecule has 11 aromatic carbocycles. The quantitative estimate of drug-likeness (QED) is 0.147. The van der Waals surface area contributed by atoms with E-state index in [9.17, 15) is 0 Å². The highest BCUT2D eigenvalue weighted by Crippen LogP contribution is 2.55. The zero-order valence-electron chi connectivity index (χ0n) is 50.0. The summed E-state index contributed by atoms with van der Waals surface area (Å²) in [5.74, 6) is 0. The average molecular weight is 1080 g/mol. The van der Waals surface area contributed by atoms with E-state index >= 15 is 0 Å². The van der Waals surface area contributed by atoms with Crippen molar-refractivity contribution in [2.75, 3.05) is 14.7 Å². The lowest BCUT2D eigenvalue weighted by molar-refractivity contribution is 0.590. The van der Waals surface area contributed by atoms with Crippen molar-refractivity contribution in [1.29, 1.82) is 0 Å². The third kappa shape index (κ3) is 8.01. The predicted molar refractivity (Wildman–Crippen MR) is 359 cm³/mol. The molecule has 0 spiro atoms. The van der Waals surface area contributed by atoms with E-state index in [-0.39, 0.29) is 28.4 Å². The van der Waals surface area contributed by atoms with Crippen molar-refractivity contribution < 1.29 is 0 Å². The molecule has 0 bridgehead atoms. The van der Waals surface area contributed by atoms with Gasteiger partial charge < -0.3 is 14.7 Å². The van der Waals surface area contributed by atoms with Gasteiger partial charge in [-0.05, 0) is 184 Å². The van der Waals surface area contributed by atoms with Crippen LogP contribution in [0.25, 0.3) is 44.5 Å². The summed E-state index contributed by atoms with van der Waals surface area (Å²) in [4.78, 5) is 7.74. The second-order valence-corrected chi connectivity index (χ2v) is 27.0. The van der Waals surface area contributed by atoms with Gasteiger partial charge in [0.1, 0.15) is 0 Å². The van der Waals surface area contributed by atoms with Gasteiger partial charge in [-0.1, -0.05) is 233 Å². The largest absolute Gasteiger partial charge is 0.311 e. The third-order valence-corrected chi connectivity index (χ3v) is 19.2. The van der Waals surface area contributed by atoms with Crippen LogP contribution in [0.4, 0.5) is 51.2 Å². The summed E-state index contributed by atoms with van der Waals surface area (Å²) in [7, 11) is 0. The summed E-state index contributed by atoms with van der Waals surface area (Å²) in [6, 6.07) is 92.2. The van der Waals surface area contributed by atoms with Crippen LogP contribution < -0.4 is 31.1 Å². The number of anilines is 9. The highest BCUT2D eigenvalue weighted by atomic mass is 15.2. The maximum absolute atomic E-state index is 2.65. The normalized spacial score (nSPS) is 14.7. The maximum atomic E-state index is 2.65. The molecule has 0 amide bonds. The molecular weight excluding hydrogens is 1010 g/mol. The molecule has 408 valence electrons. The van der Waals surface area contributed by atoms with Gasteiger partial charge in [-0.2, -0.15) is 0 Å². The smallest absolute Gasteiger partial charge is 0.252 e. The van der Waals surface area contributed by atoms with Crippen LogP contribution in [0.2, 0.25) is 0 Å². The minimum atomic E-state index is -0.202. The molecule has 11 aromatic rings. The number of rotatable bonds is 7. The Labute approximate surface area is 497 Å². The minimum Gasteiger partial charge on any atom is -0.311 e. The first-order chi connectivity index (χ1) is 40.4. The topological polar surface area (TPSA) is 9.72 Å². The van der Waals surface area contributed by atoms with Crippen molar-refractivity contribution in [1.82, 2.24) is 0 Å². The zero-order valence-corrected chi connectivity index (χ0v) is 50.0. The highest BCUT2D eigenvalue weighted by Gasteiger charge is 2.46. The molecule has 15 rings (SSSR count). The molecular formula is C80H70BN3. The van der Waals surface area contributed by atoms with Gasteiger partial charge in [0, 0.05) is 62.0 Å². The van der Waals surface area contributed by atoms with Crippen LogP contribution in [0, 0.1) is 0 Å². The zero-order chi connectivity index (χ0) is 57.6. The Kier molecular flexibility index (Phi) is 11.5. The van der Waals surface area contributed by atoms with Crippen LogP contribution in [0.15, 0.2) is 243 Å². The van der Waals surface area contributed by atoms with Crippen molar-refractivity contribution in [3.63, 3.8) is 0 Å². The summed E-state index contributed by atoms with van der Waals surface area (Å²) in [5, 5.41) is 0. The molecule has 0 saturated heterocycles. The lowest BCUT2D eigenvalue weighted by atomic mass is 9.33. The molecule has 0 atom stereocenters. The Morgan fingerprint density at radius 2 is 0.750 bits per heavy atom. The second kappa shape index (κ2) is 18.7. The summed E-state index contributed by atoms with van der Waals surface area (Å²) >= 11 is 0. The number of hydrogen-bond acceptors (Lipinski definition) is 3. The molecule has 0 unspecified atom stereocenters. The van der Waals surface area contributed by atoms with E-state index in [0.29, 0.717) is 0 Å². The summed E-state index contributed by atoms with van der Waals surface area (Å²) in [6.07, 6.45) is 0. The van der Waals surface area contributed by atoms with Gasteiger partial charge in [0.25, 0.3) is 6.71 Å². The van der Waals surface area contributed by atoms with Crippen molar-refractivity contribution in [2.45, 2.75) is 90.9 Å². The molecule has 0 radical (unpaired) electrons. The van der Waals surface area contributed by atoms with Gasteiger partial charge in [-0.25, -0.2) is 0 Å². The molecule has 3 nitrogen and oxygen atoms in total. The molecule has 4 heteroatoms. The first-order valence-corrected chi connectivity index (χ1v) is 30.1. The monoisotopic (exact) mass is 1080 g/mol. The Morgan fingerprint density at radius 3 is 1.24 bits per heavy atom. The van der Waals surface area contributed by atoms with Gasteiger partial charge in [0.2, 0.25) is 0 Å². The van der Waals surface area contributed by atoms with E-state index < -0.39 is 0 Å². The Morgan fingerprint density at radius 1 is 0.321 bits per heavy atom. The minimum absolute atomic E-state index is 0.0770. The average Bonchev–Trinajstić information content (AvgIpc) is 0.855. The van der Waals surface area contributed by atoms with Gasteiger partial charge in [0.05, 0.1) is 0 Å². The molecule has 2 aliphatic carbocycles. The summed E-state index contributed by atoms with van der Waals surface area (Å²) < 4.78 is 0. The molecule has 2 heterocycles. The molecule has 0 saturated carbocycles. The van der Waals surface area contributed by atoms with E-state index in [1.807, 2.05) is 0 Å². The summed E-state index contributed by atoms with van der Waals surface area (Å²) in [6.45, 7) is 23.7. The van der Waals surface area contributed by atoms with Gasteiger partial charge >= 0.3 is 0 Å². The number of benzene rings is 11. The third-order valence-electron chi connectivity index (χ3n) is 19.2. The Balaban J connectivity index is 0.999. The van der Waals surface area contributed by atoms with E-state index in [0.717, 1.165) is 22.7 Å². The van der Waals surface area contributed by atoms with E-state index in [2.05, 4.69) is 327 Å². The van der Waals surface area contributed by atoms with E-state index in [4.69, 9.17) is 0 Å². The standard InChI is InChI=1S/C80H70BN3/c1-77(2,3)55-33-44-72-71(45-55)81-70-43-40-61(82(57-34-29-53(30-35-57)51-21-13-11-14-22-51)58-36-31-54(32-37-58)52-23-15-12-16-24-52)50-73(70)84(60-39-42-65-63-26-18-20-28-67(63)80(9,10)69(65)49-60)75-47-56(78(4,5)6)46-74(76(75)81)83(72)59-38-41-64-62-25-17-19-27-66(62)79(7,8)68(64)48-59/h11-50H,1-10H3. The second-order valence-electron chi connectivity index (χ2n) is 27.0. The molecule has 4 aliphatic rings. The van der Waals surface area contributed by atoms with Crippen LogP contribution in [0.3, 0.4) is 0 Å². The molecule has 0 N–H and O–H groups in total. The molecule has 84 heavy (non-hydrogen) atoms. The van der Waals surface area contributed by atoms with Crippen molar-refractivity contribution >= 4 is 74.3 Å². The summed E-state index contributed by atoms with van der Waals surface area (Å²) in [5.41, 5.74) is 32.0. The van der Waals surface area contributed by atoms with E-state index in [1.165, 1.54) is 123 Å². The van der Waals surface area contributed by atoms with Crippen molar-refractivity contribution in [3.05, 3.63) is 276 Å². The Bertz CT molecular complexity index is 4360. The van der Waals surface area contributed by atoms with Gasteiger partial charge in [-0.3, -0.25) is 0 Å². The first kappa shape index (κ1) is 51.7. The fourth-order valence-corrected chi connectivity index (χ4v) is 14.6. The van der Waals surface area contributed by atoms with Crippen LogP contribution in [0.5, 0.6) is 0 Å². The molecule has 2 aliphatic heterocycles. The van der Waals surface area contributed by atoms with Crippen LogP contribution >= 0.6 is 0 Å².